The van der Waals surface area contributed by atoms with Gasteiger partial charge in [-0.15, -0.1) is 0 Å². The molecule has 1 aliphatic rings. The average molecular weight is 223 g/mol. The van der Waals surface area contributed by atoms with Gasteiger partial charge < -0.3 is 15.1 Å². The summed E-state index contributed by atoms with van der Waals surface area (Å²) in [4.78, 5) is 10.5. The largest absolute Gasteiger partial charge is 0.396 e. The van der Waals surface area contributed by atoms with Crippen molar-refractivity contribution in [1.82, 2.24) is 9.97 Å². The molecule has 1 saturated heterocycles. The lowest BCUT2D eigenvalue weighted by molar-refractivity contribution is 0.202. The van der Waals surface area contributed by atoms with Gasteiger partial charge in [0, 0.05) is 19.7 Å². The number of aromatic nitrogens is 2. The van der Waals surface area contributed by atoms with Crippen LogP contribution in [-0.2, 0) is 6.61 Å². The minimum atomic E-state index is -0.0755. The zero-order valence-corrected chi connectivity index (χ0v) is 9.21. The maximum absolute atomic E-state index is 9.05. The molecule has 16 heavy (non-hydrogen) atoms. The first-order chi connectivity index (χ1) is 7.83. The summed E-state index contributed by atoms with van der Waals surface area (Å²) in [6.45, 7) is 1.99. The molecular formula is C11H17N3O2. The van der Waals surface area contributed by atoms with Crippen molar-refractivity contribution in [2.24, 2.45) is 5.92 Å². The van der Waals surface area contributed by atoms with Crippen LogP contribution >= 0.6 is 0 Å². The summed E-state index contributed by atoms with van der Waals surface area (Å²) in [5.74, 6) is 1.24. The molecule has 0 radical (unpaired) electrons. The van der Waals surface area contributed by atoms with E-state index >= 15 is 0 Å². The van der Waals surface area contributed by atoms with Crippen LogP contribution in [0.1, 0.15) is 18.5 Å². The summed E-state index contributed by atoms with van der Waals surface area (Å²) in [6.07, 6.45) is 5.27. The van der Waals surface area contributed by atoms with Crippen molar-refractivity contribution >= 4 is 5.82 Å². The number of hydrogen-bond donors (Lipinski definition) is 2. The Kier molecular flexibility index (Phi) is 3.69. The standard InChI is InChI=1S/C11H17N3O2/c15-7-9-1-3-14(4-2-9)11-6-12-5-10(8-16)13-11/h5-6,9,15-16H,1-4,7-8H2. The lowest BCUT2D eigenvalue weighted by atomic mass is 9.98. The maximum Gasteiger partial charge on any atom is 0.147 e. The second-order valence-electron chi connectivity index (χ2n) is 4.14. The Balaban J connectivity index is 2.02. The van der Waals surface area contributed by atoms with Crippen molar-refractivity contribution in [3.63, 3.8) is 0 Å². The first kappa shape index (κ1) is 11.3. The Morgan fingerprint density at radius 1 is 1.25 bits per heavy atom. The molecule has 1 fully saturated rings. The van der Waals surface area contributed by atoms with Crippen molar-refractivity contribution in [3.8, 4) is 0 Å². The van der Waals surface area contributed by atoms with Crippen LogP contribution in [0.3, 0.4) is 0 Å². The van der Waals surface area contributed by atoms with E-state index in [1.807, 2.05) is 0 Å². The van der Waals surface area contributed by atoms with E-state index in [2.05, 4.69) is 14.9 Å². The van der Waals surface area contributed by atoms with Crippen molar-refractivity contribution in [1.29, 1.82) is 0 Å². The predicted octanol–water partition coefficient (Wildman–Crippen LogP) is 0.178. The lowest BCUT2D eigenvalue weighted by Gasteiger charge is -2.31. The molecule has 88 valence electrons. The highest BCUT2D eigenvalue weighted by Crippen LogP contribution is 2.20. The number of piperidine rings is 1. The topological polar surface area (TPSA) is 69.5 Å². The minimum absolute atomic E-state index is 0.0755. The normalized spacial score (nSPS) is 17.8. The third-order valence-corrected chi connectivity index (χ3v) is 3.03. The smallest absolute Gasteiger partial charge is 0.147 e. The Bertz CT molecular complexity index is 338. The fourth-order valence-electron chi connectivity index (χ4n) is 1.97. The molecule has 1 aromatic heterocycles. The summed E-state index contributed by atoms with van der Waals surface area (Å²) in [5, 5.41) is 18.0. The second kappa shape index (κ2) is 5.23. The van der Waals surface area contributed by atoms with E-state index in [0.717, 1.165) is 31.7 Å². The van der Waals surface area contributed by atoms with Gasteiger partial charge in [0.25, 0.3) is 0 Å². The summed E-state index contributed by atoms with van der Waals surface area (Å²) >= 11 is 0. The van der Waals surface area contributed by atoms with Gasteiger partial charge in [0.15, 0.2) is 0 Å². The molecule has 2 heterocycles. The number of aliphatic hydroxyl groups excluding tert-OH is 2. The van der Waals surface area contributed by atoms with Crippen molar-refractivity contribution < 1.29 is 10.2 Å². The maximum atomic E-state index is 9.05. The van der Waals surface area contributed by atoms with E-state index in [0.29, 0.717) is 11.6 Å². The van der Waals surface area contributed by atoms with Crippen LogP contribution in [0.2, 0.25) is 0 Å². The van der Waals surface area contributed by atoms with Gasteiger partial charge in [-0.05, 0) is 18.8 Å². The van der Waals surface area contributed by atoms with Crippen LogP contribution in [0.4, 0.5) is 5.82 Å². The Hall–Kier alpha value is -1.20. The number of hydrogen-bond acceptors (Lipinski definition) is 5. The highest BCUT2D eigenvalue weighted by atomic mass is 16.3. The fourth-order valence-corrected chi connectivity index (χ4v) is 1.97. The molecule has 0 aromatic carbocycles. The van der Waals surface area contributed by atoms with E-state index in [4.69, 9.17) is 10.2 Å². The Morgan fingerprint density at radius 2 is 2.00 bits per heavy atom. The van der Waals surface area contributed by atoms with Crippen LogP contribution < -0.4 is 4.90 Å². The quantitative estimate of drug-likeness (QED) is 0.765. The Morgan fingerprint density at radius 3 is 2.62 bits per heavy atom. The van der Waals surface area contributed by atoms with E-state index in [-0.39, 0.29) is 13.2 Å². The van der Waals surface area contributed by atoms with Gasteiger partial charge in [0.2, 0.25) is 0 Å². The molecule has 0 aliphatic carbocycles. The fraction of sp³-hybridized carbons (Fsp3) is 0.636. The van der Waals surface area contributed by atoms with E-state index in [1.165, 1.54) is 0 Å². The minimum Gasteiger partial charge on any atom is -0.396 e. The molecule has 2 N–H and O–H groups in total. The summed E-state index contributed by atoms with van der Waals surface area (Å²) in [6, 6.07) is 0. The van der Waals surface area contributed by atoms with Gasteiger partial charge in [0.1, 0.15) is 5.82 Å². The molecule has 0 amide bonds. The monoisotopic (exact) mass is 223 g/mol. The molecule has 1 aliphatic heterocycles. The van der Waals surface area contributed by atoms with E-state index in [9.17, 15) is 0 Å². The third kappa shape index (κ3) is 2.48. The van der Waals surface area contributed by atoms with Gasteiger partial charge in [0.05, 0.1) is 24.7 Å². The Labute approximate surface area is 94.8 Å². The van der Waals surface area contributed by atoms with Gasteiger partial charge in [-0.2, -0.15) is 0 Å². The zero-order valence-electron chi connectivity index (χ0n) is 9.21. The van der Waals surface area contributed by atoms with Crippen LogP contribution in [0, 0.1) is 5.92 Å². The van der Waals surface area contributed by atoms with Crippen LogP contribution in [0.15, 0.2) is 12.4 Å². The zero-order chi connectivity index (χ0) is 11.4. The summed E-state index contributed by atoms with van der Waals surface area (Å²) in [7, 11) is 0. The first-order valence-corrected chi connectivity index (χ1v) is 5.61. The summed E-state index contributed by atoms with van der Waals surface area (Å²) < 4.78 is 0. The molecular weight excluding hydrogens is 206 g/mol. The van der Waals surface area contributed by atoms with Crippen LogP contribution in [0.5, 0.6) is 0 Å². The molecule has 0 unspecified atom stereocenters. The van der Waals surface area contributed by atoms with Crippen molar-refractivity contribution in [2.45, 2.75) is 19.4 Å². The average Bonchev–Trinajstić information content (AvgIpc) is 2.39. The number of nitrogens with zero attached hydrogens (tertiary/aromatic N) is 3. The van der Waals surface area contributed by atoms with Gasteiger partial charge in [-0.3, -0.25) is 4.98 Å². The SMILES string of the molecule is OCc1cncc(N2CCC(CO)CC2)n1. The second-order valence-corrected chi connectivity index (χ2v) is 4.14. The molecule has 5 heteroatoms. The molecule has 2 rings (SSSR count). The van der Waals surface area contributed by atoms with Crippen LogP contribution in [0.25, 0.3) is 0 Å². The number of rotatable bonds is 3. The van der Waals surface area contributed by atoms with Gasteiger partial charge >= 0.3 is 0 Å². The molecule has 0 atom stereocenters. The van der Waals surface area contributed by atoms with Crippen molar-refractivity contribution in [3.05, 3.63) is 18.1 Å². The molecule has 0 bridgehead atoms. The molecule has 0 saturated carbocycles. The third-order valence-electron chi connectivity index (χ3n) is 3.03. The van der Waals surface area contributed by atoms with Crippen LogP contribution in [-0.4, -0.2) is 39.9 Å². The van der Waals surface area contributed by atoms with Gasteiger partial charge in [-0.25, -0.2) is 4.98 Å². The first-order valence-electron chi connectivity index (χ1n) is 5.61. The highest BCUT2D eigenvalue weighted by Gasteiger charge is 2.19. The summed E-state index contributed by atoms with van der Waals surface area (Å²) in [5.41, 5.74) is 0.599. The molecule has 0 spiro atoms. The van der Waals surface area contributed by atoms with E-state index < -0.39 is 0 Å². The predicted molar refractivity (Wildman–Crippen MR) is 60.0 cm³/mol. The van der Waals surface area contributed by atoms with E-state index in [1.54, 1.807) is 12.4 Å². The molecule has 5 nitrogen and oxygen atoms in total. The van der Waals surface area contributed by atoms with Gasteiger partial charge in [-0.1, -0.05) is 0 Å². The van der Waals surface area contributed by atoms with Crippen molar-refractivity contribution in [2.75, 3.05) is 24.6 Å². The highest BCUT2D eigenvalue weighted by molar-refractivity contribution is 5.36. The number of aliphatic hydroxyl groups is 2. The lowest BCUT2D eigenvalue weighted by Crippen LogP contribution is -2.35. The molecule has 1 aromatic rings. The number of anilines is 1.